The first-order valence-corrected chi connectivity index (χ1v) is 12.3. The van der Waals surface area contributed by atoms with Crippen molar-refractivity contribution >= 4 is 44.2 Å². The van der Waals surface area contributed by atoms with Gasteiger partial charge in [-0.15, -0.1) is 10.2 Å². The Kier molecular flexibility index (Phi) is 6.85. The monoisotopic (exact) mass is 470 g/mol. The van der Waals surface area contributed by atoms with Gasteiger partial charge in [0, 0.05) is 17.5 Å². The number of sulfone groups is 1. The Morgan fingerprint density at radius 2 is 1.88 bits per heavy atom. The third-order valence-electron chi connectivity index (χ3n) is 4.54. The van der Waals surface area contributed by atoms with Crippen LogP contribution in [-0.2, 0) is 14.6 Å². The molecule has 0 aliphatic heterocycles. The van der Waals surface area contributed by atoms with Gasteiger partial charge in [-0.3, -0.25) is 5.41 Å². The largest absolute Gasteiger partial charge is 0.477 e. The summed E-state index contributed by atoms with van der Waals surface area (Å²) in [4.78, 5) is 11.4. The van der Waals surface area contributed by atoms with E-state index in [1.54, 1.807) is 12.1 Å². The van der Waals surface area contributed by atoms with Crippen molar-refractivity contribution in [1.82, 2.24) is 10.2 Å². The number of hydrogen-bond acceptors (Lipinski definition) is 8. The van der Waals surface area contributed by atoms with Crippen molar-refractivity contribution in [1.29, 1.82) is 5.41 Å². The van der Waals surface area contributed by atoms with E-state index in [9.17, 15) is 18.3 Å². The first kappa shape index (κ1) is 23.3. The molecule has 3 aromatic rings. The second-order valence-electron chi connectivity index (χ2n) is 7.36. The van der Waals surface area contributed by atoms with Gasteiger partial charge in [-0.1, -0.05) is 55.5 Å². The van der Waals surface area contributed by atoms with Crippen LogP contribution in [0, 0.1) is 5.41 Å². The SMILES string of the molecule is CC(C)c1ccccc1N/C(=C\C(=N)C(=O)O)c1nnc(-c2cccc(S(C)(=O)=O)c2)s1. The molecule has 0 unspecified atom stereocenters. The summed E-state index contributed by atoms with van der Waals surface area (Å²) in [5.41, 5.74) is 2.07. The Bertz CT molecular complexity index is 1310. The van der Waals surface area contributed by atoms with Gasteiger partial charge in [0.05, 0.1) is 10.6 Å². The van der Waals surface area contributed by atoms with Crippen LogP contribution in [0.1, 0.15) is 30.3 Å². The van der Waals surface area contributed by atoms with E-state index in [0.29, 0.717) is 21.3 Å². The molecule has 0 spiro atoms. The molecule has 0 fully saturated rings. The number of para-hydroxylation sites is 1. The molecule has 10 heteroatoms. The minimum absolute atomic E-state index is 0.166. The lowest BCUT2D eigenvalue weighted by atomic mass is 10.0. The van der Waals surface area contributed by atoms with Gasteiger partial charge >= 0.3 is 5.97 Å². The molecule has 1 aromatic heterocycles. The lowest BCUT2D eigenvalue weighted by Gasteiger charge is -2.15. The minimum atomic E-state index is -3.38. The predicted octanol–water partition coefficient (Wildman–Crippen LogP) is 4.29. The molecule has 3 N–H and O–H groups in total. The zero-order valence-corrected chi connectivity index (χ0v) is 19.3. The number of nitrogens with zero attached hydrogens (tertiary/aromatic N) is 2. The van der Waals surface area contributed by atoms with Crippen LogP contribution in [0.2, 0.25) is 0 Å². The average molecular weight is 471 g/mol. The van der Waals surface area contributed by atoms with Crippen molar-refractivity contribution in [3.8, 4) is 10.6 Å². The van der Waals surface area contributed by atoms with Gasteiger partial charge in [0.25, 0.3) is 0 Å². The van der Waals surface area contributed by atoms with Crippen LogP contribution in [0.3, 0.4) is 0 Å². The smallest absolute Gasteiger partial charge is 0.353 e. The molecule has 0 bridgehead atoms. The summed E-state index contributed by atoms with van der Waals surface area (Å²) in [6.45, 7) is 4.09. The fourth-order valence-electron chi connectivity index (χ4n) is 2.93. The molecular formula is C22H22N4O4S2. The molecule has 0 amide bonds. The maximum Gasteiger partial charge on any atom is 0.353 e. The highest BCUT2D eigenvalue weighted by atomic mass is 32.2. The van der Waals surface area contributed by atoms with Crippen LogP contribution in [0.4, 0.5) is 5.69 Å². The second kappa shape index (κ2) is 9.41. The number of carbonyl (C=O) groups is 1. The summed E-state index contributed by atoms with van der Waals surface area (Å²) in [7, 11) is -3.38. The average Bonchev–Trinajstić information content (AvgIpc) is 3.23. The van der Waals surface area contributed by atoms with E-state index >= 15 is 0 Å². The summed E-state index contributed by atoms with van der Waals surface area (Å²) in [5.74, 6) is -1.16. The van der Waals surface area contributed by atoms with Crippen molar-refractivity contribution in [3.63, 3.8) is 0 Å². The highest BCUT2D eigenvalue weighted by Crippen LogP contribution is 2.31. The number of benzene rings is 2. The van der Waals surface area contributed by atoms with Crippen molar-refractivity contribution in [2.75, 3.05) is 11.6 Å². The molecule has 0 aliphatic carbocycles. The number of anilines is 1. The Morgan fingerprint density at radius 3 is 2.53 bits per heavy atom. The predicted molar refractivity (Wildman–Crippen MR) is 126 cm³/mol. The molecule has 0 aliphatic rings. The number of nitrogens with one attached hydrogen (secondary N) is 2. The van der Waals surface area contributed by atoms with Crippen molar-refractivity contribution in [2.24, 2.45) is 0 Å². The van der Waals surface area contributed by atoms with Crippen molar-refractivity contribution < 1.29 is 18.3 Å². The van der Waals surface area contributed by atoms with Gasteiger partial charge in [0.2, 0.25) is 0 Å². The molecule has 166 valence electrons. The van der Waals surface area contributed by atoms with E-state index in [1.807, 2.05) is 38.1 Å². The zero-order valence-electron chi connectivity index (χ0n) is 17.7. The highest BCUT2D eigenvalue weighted by molar-refractivity contribution is 7.90. The fraction of sp³-hybridized carbons (Fsp3) is 0.182. The molecular weight excluding hydrogens is 448 g/mol. The van der Waals surface area contributed by atoms with Crippen LogP contribution in [0.5, 0.6) is 0 Å². The summed E-state index contributed by atoms with van der Waals surface area (Å²) < 4.78 is 23.7. The van der Waals surface area contributed by atoms with E-state index in [0.717, 1.165) is 28.8 Å². The topological polar surface area (TPSA) is 133 Å². The van der Waals surface area contributed by atoms with Crippen molar-refractivity contribution in [3.05, 3.63) is 65.2 Å². The summed E-state index contributed by atoms with van der Waals surface area (Å²) >= 11 is 1.16. The number of hydrogen-bond donors (Lipinski definition) is 3. The summed E-state index contributed by atoms with van der Waals surface area (Å²) in [6, 6.07) is 14.0. The minimum Gasteiger partial charge on any atom is -0.477 e. The third-order valence-corrected chi connectivity index (χ3v) is 6.65. The van der Waals surface area contributed by atoms with Gasteiger partial charge in [-0.05, 0) is 35.8 Å². The van der Waals surface area contributed by atoms with Crippen LogP contribution in [0.25, 0.3) is 16.3 Å². The summed E-state index contributed by atoms with van der Waals surface area (Å²) in [5, 5.41) is 29.3. The van der Waals surface area contributed by atoms with Crippen LogP contribution in [-0.4, -0.2) is 41.7 Å². The van der Waals surface area contributed by atoms with E-state index in [1.165, 1.54) is 18.2 Å². The number of carboxylic acid groups (broad SMARTS) is 1. The molecule has 3 rings (SSSR count). The summed E-state index contributed by atoms with van der Waals surface area (Å²) in [6.07, 6.45) is 2.32. The highest BCUT2D eigenvalue weighted by Gasteiger charge is 2.17. The Morgan fingerprint density at radius 1 is 1.16 bits per heavy atom. The second-order valence-corrected chi connectivity index (χ2v) is 10.3. The first-order chi connectivity index (χ1) is 15.1. The molecule has 32 heavy (non-hydrogen) atoms. The normalized spacial score (nSPS) is 12.1. The van der Waals surface area contributed by atoms with E-state index in [2.05, 4.69) is 15.5 Å². The molecule has 1 heterocycles. The van der Waals surface area contributed by atoms with E-state index < -0.39 is 21.5 Å². The van der Waals surface area contributed by atoms with Gasteiger partial charge in [0.15, 0.2) is 14.8 Å². The lowest BCUT2D eigenvalue weighted by molar-refractivity contribution is -0.129. The van der Waals surface area contributed by atoms with Gasteiger partial charge in [-0.2, -0.15) is 0 Å². The molecule has 0 radical (unpaired) electrons. The maximum absolute atomic E-state index is 11.9. The molecule has 2 aromatic carbocycles. The maximum atomic E-state index is 11.9. The zero-order chi connectivity index (χ0) is 23.5. The van der Waals surface area contributed by atoms with Crippen LogP contribution < -0.4 is 5.32 Å². The third kappa shape index (κ3) is 5.45. The molecule has 0 atom stereocenters. The van der Waals surface area contributed by atoms with Gasteiger partial charge in [-0.25, -0.2) is 13.2 Å². The van der Waals surface area contributed by atoms with Gasteiger partial charge in [0.1, 0.15) is 10.7 Å². The van der Waals surface area contributed by atoms with Crippen LogP contribution >= 0.6 is 11.3 Å². The fourth-order valence-corrected chi connectivity index (χ4v) is 4.40. The number of aromatic nitrogens is 2. The van der Waals surface area contributed by atoms with Crippen LogP contribution in [0.15, 0.2) is 59.5 Å². The Balaban J connectivity index is 2.04. The Hall–Kier alpha value is -3.37. The molecule has 0 saturated carbocycles. The van der Waals surface area contributed by atoms with Gasteiger partial charge < -0.3 is 10.4 Å². The number of carboxylic acids is 1. The standard InChI is InChI=1S/C22H22N4O4S2/c1-13(2)16-9-4-5-10-18(16)24-19(12-17(23)22(27)28)21-26-25-20(31-21)14-7-6-8-15(11-14)32(3,29)30/h4-13,23-24H,1-3H3,(H,27,28)/b19-12-,23-17?. The quantitative estimate of drug-likeness (QED) is 0.418. The Labute approximate surface area is 190 Å². The number of rotatable bonds is 8. The first-order valence-electron chi connectivity index (χ1n) is 9.60. The molecule has 0 saturated heterocycles. The van der Waals surface area contributed by atoms with E-state index in [-0.39, 0.29) is 10.8 Å². The van der Waals surface area contributed by atoms with E-state index in [4.69, 9.17) is 5.41 Å². The van der Waals surface area contributed by atoms with Crippen molar-refractivity contribution in [2.45, 2.75) is 24.7 Å². The number of aliphatic carboxylic acids is 1. The molecule has 8 nitrogen and oxygen atoms in total. The lowest BCUT2D eigenvalue weighted by Crippen LogP contribution is -2.11.